The van der Waals surface area contributed by atoms with Crippen molar-refractivity contribution in [3.63, 3.8) is 0 Å². The number of nitrogens with zero attached hydrogens (tertiary/aromatic N) is 1. The molecule has 0 unspecified atom stereocenters. The van der Waals surface area contributed by atoms with Gasteiger partial charge in [-0.15, -0.1) is 11.3 Å². The van der Waals surface area contributed by atoms with E-state index < -0.39 is 0 Å². The van der Waals surface area contributed by atoms with Crippen LogP contribution < -0.4 is 5.56 Å². The summed E-state index contributed by atoms with van der Waals surface area (Å²) in [6, 6.07) is 3.18. The molecule has 0 saturated heterocycles. The minimum atomic E-state index is -0.193. The standard InChI is InChI=1S/C10H9ClN2O2S/c1-15-4-7-3-9(14)13-10(12-7)8-2-6(11)5-16-8/h2-3,5H,4H2,1H3,(H,12,13,14). The van der Waals surface area contributed by atoms with Crippen LogP contribution in [-0.4, -0.2) is 17.1 Å². The van der Waals surface area contributed by atoms with Crippen molar-refractivity contribution in [2.45, 2.75) is 6.61 Å². The number of halogens is 1. The third kappa shape index (κ3) is 2.49. The largest absolute Gasteiger partial charge is 0.378 e. The van der Waals surface area contributed by atoms with Gasteiger partial charge in [0, 0.05) is 18.6 Å². The van der Waals surface area contributed by atoms with Crippen molar-refractivity contribution in [1.29, 1.82) is 0 Å². The van der Waals surface area contributed by atoms with Gasteiger partial charge in [-0.3, -0.25) is 4.79 Å². The summed E-state index contributed by atoms with van der Waals surface area (Å²) in [5.41, 5.74) is 0.410. The first-order valence-electron chi connectivity index (χ1n) is 4.52. The molecule has 0 aromatic carbocycles. The highest BCUT2D eigenvalue weighted by Gasteiger charge is 2.06. The predicted molar refractivity (Wildman–Crippen MR) is 63.9 cm³/mol. The normalized spacial score (nSPS) is 10.6. The molecule has 2 aromatic heterocycles. The Morgan fingerprint density at radius 3 is 3.00 bits per heavy atom. The number of nitrogens with one attached hydrogen (secondary N) is 1. The molecule has 6 heteroatoms. The van der Waals surface area contributed by atoms with Crippen molar-refractivity contribution in [3.05, 3.63) is 38.6 Å². The topological polar surface area (TPSA) is 55.0 Å². The zero-order chi connectivity index (χ0) is 11.5. The number of rotatable bonds is 3. The first kappa shape index (κ1) is 11.3. The van der Waals surface area contributed by atoms with E-state index in [4.69, 9.17) is 16.3 Å². The van der Waals surface area contributed by atoms with Gasteiger partial charge in [0.05, 0.1) is 22.2 Å². The van der Waals surface area contributed by atoms with E-state index in [0.29, 0.717) is 23.1 Å². The molecule has 0 amide bonds. The van der Waals surface area contributed by atoms with Gasteiger partial charge in [0.1, 0.15) is 0 Å². The van der Waals surface area contributed by atoms with Crippen LogP contribution in [0.3, 0.4) is 0 Å². The Hall–Kier alpha value is -1.17. The molecule has 0 aliphatic carbocycles. The molecular weight excluding hydrogens is 248 g/mol. The summed E-state index contributed by atoms with van der Waals surface area (Å²) in [5.74, 6) is 0.524. The van der Waals surface area contributed by atoms with E-state index in [1.54, 1.807) is 18.6 Å². The maximum absolute atomic E-state index is 11.4. The molecule has 4 nitrogen and oxygen atoms in total. The monoisotopic (exact) mass is 256 g/mol. The van der Waals surface area contributed by atoms with Crippen molar-refractivity contribution in [2.24, 2.45) is 0 Å². The molecule has 16 heavy (non-hydrogen) atoms. The average molecular weight is 257 g/mol. The number of hydrogen-bond donors (Lipinski definition) is 1. The van der Waals surface area contributed by atoms with E-state index in [0.717, 1.165) is 4.88 Å². The molecule has 0 atom stereocenters. The van der Waals surface area contributed by atoms with Gasteiger partial charge < -0.3 is 9.72 Å². The van der Waals surface area contributed by atoms with Crippen molar-refractivity contribution in [3.8, 4) is 10.7 Å². The molecule has 2 aromatic rings. The molecule has 0 radical (unpaired) electrons. The fourth-order valence-electron chi connectivity index (χ4n) is 1.28. The first-order chi connectivity index (χ1) is 7.69. The maximum Gasteiger partial charge on any atom is 0.251 e. The third-order valence-electron chi connectivity index (χ3n) is 1.89. The molecule has 0 aliphatic rings. The van der Waals surface area contributed by atoms with Crippen LogP contribution in [0.15, 0.2) is 22.3 Å². The van der Waals surface area contributed by atoms with Gasteiger partial charge in [-0.2, -0.15) is 0 Å². The van der Waals surface area contributed by atoms with E-state index >= 15 is 0 Å². The van der Waals surface area contributed by atoms with Gasteiger partial charge >= 0.3 is 0 Å². The van der Waals surface area contributed by atoms with Gasteiger partial charge in [-0.05, 0) is 6.07 Å². The lowest BCUT2D eigenvalue weighted by atomic mass is 10.4. The predicted octanol–water partition coefficient (Wildman–Crippen LogP) is 2.30. The van der Waals surface area contributed by atoms with Crippen molar-refractivity contribution in [2.75, 3.05) is 7.11 Å². The average Bonchev–Trinajstić information content (AvgIpc) is 2.64. The number of aromatic nitrogens is 2. The molecule has 0 fully saturated rings. The van der Waals surface area contributed by atoms with Crippen LogP contribution in [0.2, 0.25) is 5.02 Å². The smallest absolute Gasteiger partial charge is 0.251 e. The van der Waals surface area contributed by atoms with Crippen LogP contribution in [0.5, 0.6) is 0 Å². The van der Waals surface area contributed by atoms with Gasteiger partial charge in [-0.25, -0.2) is 4.98 Å². The number of hydrogen-bond acceptors (Lipinski definition) is 4. The Bertz CT molecular complexity index is 550. The second-order valence-electron chi connectivity index (χ2n) is 3.15. The summed E-state index contributed by atoms with van der Waals surface area (Å²) in [4.78, 5) is 19.2. The number of ether oxygens (including phenoxy) is 1. The van der Waals surface area contributed by atoms with Gasteiger partial charge in [0.15, 0.2) is 5.82 Å². The minimum absolute atomic E-state index is 0.193. The zero-order valence-corrected chi connectivity index (χ0v) is 10.1. The van der Waals surface area contributed by atoms with E-state index in [9.17, 15) is 4.79 Å². The zero-order valence-electron chi connectivity index (χ0n) is 8.49. The Labute approximate surface area is 101 Å². The lowest BCUT2D eigenvalue weighted by molar-refractivity contribution is 0.181. The minimum Gasteiger partial charge on any atom is -0.378 e. The number of H-pyrrole nitrogens is 1. The maximum atomic E-state index is 11.4. The highest BCUT2D eigenvalue weighted by molar-refractivity contribution is 7.14. The van der Waals surface area contributed by atoms with Crippen molar-refractivity contribution in [1.82, 2.24) is 9.97 Å². The Morgan fingerprint density at radius 1 is 1.56 bits per heavy atom. The van der Waals surface area contributed by atoms with Crippen molar-refractivity contribution < 1.29 is 4.74 Å². The van der Waals surface area contributed by atoms with E-state index in [1.165, 1.54) is 17.4 Å². The molecule has 0 aliphatic heterocycles. The van der Waals surface area contributed by atoms with E-state index in [2.05, 4.69) is 9.97 Å². The van der Waals surface area contributed by atoms with E-state index in [1.807, 2.05) is 0 Å². The Balaban J connectivity index is 2.44. The Morgan fingerprint density at radius 2 is 2.38 bits per heavy atom. The fraction of sp³-hybridized carbons (Fsp3) is 0.200. The lowest BCUT2D eigenvalue weighted by Gasteiger charge is -2.01. The SMILES string of the molecule is COCc1cc(=O)[nH]c(-c2cc(Cl)cs2)n1. The van der Waals surface area contributed by atoms with Crippen LogP contribution >= 0.6 is 22.9 Å². The highest BCUT2D eigenvalue weighted by atomic mass is 35.5. The molecule has 84 valence electrons. The van der Waals surface area contributed by atoms with Crippen LogP contribution in [0.1, 0.15) is 5.69 Å². The summed E-state index contributed by atoms with van der Waals surface area (Å²) < 4.78 is 4.94. The molecule has 2 rings (SSSR count). The summed E-state index contributed by atoms with van der Waals surface area (Å²) >= 11 is 7.25. The van der Waals surface area contributed by atoms with Crippen LogP contribution in [-0.2, 0) is 11.3 Å². The molecule has 2 heterocycles. The molecule has 0 bridgehead atoms. The number of methoxy groups -OCH3 is 1. The Kier molecular flexibility index (Phi) is 3.38. The van der Waals surface area contributed by atoms with Crippen LogP contribution in [0.25, 0.3) is 10.7 Å². The summed E-state index contributed by atoms with van der Waals surface area (Å²) in [7, 11) is 1.56. The van der Waals surface area contributed by atoms with Gasteiger partial charge in [0.2, 0.25) is 0 Å². The summed E-state index contributed by atoms with van der Waals surface area (Å²) in [6.45, 7) is 0.316. The fourth-order valence-corrected chi connectivity index (χ4v) is 2.30. The van der Waals surface area contributed by atoms with Crippen molar-refractivity contribution >= 4 is 22.9 Å². The van der Waals surface area contributed by atoms with E-state index in [-0.39, 0.29) is 5.56 Å². The number of thiophene rings is 1. The second kappa shape index (κ2) is 4.78. The number of aromatic amines is 1. The quantitative estimate of drug-likeness (QED) is 0.917. The molecule has 0 spiro atoms. The summed E-state index contributed by atoms with van der Waals surface area (Å²) in [5, 5.41) is 2.43. The summed E-state index contributed by atoms with van der Waals surface area (Å²) in [6.07, 6.45) is 0. The lowest BCUT2D eigenvalue weighted by Crippen LogP contribution is -2.10. The molecule has 1 N–H and O–H groups in total. The van der Waals surface area contributed by atoms with Gasteiger partial charge in [0.25, 0.3) is 5.56 Å². The molecule has 0 saturated carbocycles. The second-order valence-corrected chi connectivity index (χ2v) is 4.50. The first-order valence-corrected chi connectivity index (χ1v) is 5.78. The van der Waals surface area contributed by atoms with Crippen LogP contribution in [0, 0.1) is 0 Å². The van der Waals surface area contributed by atoms with Gasteiger partial charge in [-0.1, -0.05) is 11.6 Å². The molecular formula is C10H9ClN2O2S. The highest BCUT2D eigenvalue weighted by Crippen LogP contribution is 2.26. The van der Waals surface area contributed by atoms with Crippen LogP contribution in [0.4, 0.5) is 0 Å². The third-order valence-corrected chi connectivity index (χ3v) is 3.17.